The highest BCUT2D eigenvalue weighted by atomic mass is 16.2. The lowest BCUT2D eigenvalue weighted by Gasteiger charge is -2.21. The highest BCUT2D eigenvalue weighted by Gasteiger charge is 2.15. The zero-order valence-corrected chi connectivity index (χ0v) is 15.1. The summed E-state index contributed by atoms with van der Waals surface area (Å²) in [5.41, 5.74) is 3.78. The third-order valence-corrected chi connectivity index (χ3v) is 4.17. The van der Waals surface area contributed by atoms with Crippen molar-refractivity contribution in [2.24, 2.45) is 0 Å². The molecule has 0 saturated carbocycles. The minimum atomic E-state index is -0.0580. The summed E-state index contributed by atoms with van der Waals surface area (Å²) in [6.07, 6.45) is 3.25. The van der Waals surface area contributed by atoms with Crippen LogP contribution in [0.3, 0.4) is 0 Å². The van der Waals surface area contributed by atoms with Crippen molar-refractivity contribution in [1.29, 1.82) is 5.26 Å². The summed E-state index contributed by atoms with van der Waals surface area (Å²) in [5.74, 6) is -0.0580. The first-order valence-corrected chi connectivity index (χ1v) is 8.75. The van der Waals surface area contributed by atoms with Crippen LogP contribution in [0.4, 0.5) is 11.4 Å². The monoisotopic (exact) mass is 356 g/mol. The molecule has 0 aliphatic carbocycles. The highest BCUT2D eigenvalue weighted by Crippen LogP contribution is 2.18. The average Bonchev–Trinajstić information content (AvgIpc) is 2.73. The molecule has 0 unspecified atom stereocenters. The van der Waals surface area contributed by atoms with Crippen molar-refractivity contribution < 1.29 is 4.79 Å². The molecule has 0 aliphatic rings. The molecule has 2 aromatic carbocycles. The maximum Gasteiger partial charge on any atom is 0.255 e. The van der Waals surface area contributed by atoms with Gasteiger partial charge >= 0.3 is 0 Å². The zero-order valence-electron chi connectivity index (χ0n) is 15.1. The van der Waals surface area contributed by atoms with Crippen LogP contribution in [0.1, 0.15) is 28.4 Å². The maximum atomic E-state index is 12.9. The second kappa shape index (κ2) is 8.63. The van der Waals surface area contributed by atoms with Crippen LogP contribution in [-0.2, 0) is 6.54 Å². The van der Waals surface area contributed by atoms with Gasteiger partial charge in [-0.1, -0.05) is 30.3 Å². The molecule has 1 amide bonds. The molecule has 1 aromatic heterocycles. The van der Waals surface area contributed by atoms with Gasteiger partial charge in [0.1, 0.15) is 0 Å². The van der Waals surface area contributed by atoms with Gasteiger partial charge in [-0.15, -0.1) is 0 Å². The lowest BCUT2D eigenvalue weighted by Crippen LogP contribution is -2.30. The van der Waals surface area contributed by atoms with Crippen molar-refractivity contribution in [1.82, 2.24) is 9.88 Å². The summed E-state index contributed by atoms with van der Waals surface area (Å²) in [4.78, 5) is 18.9. The third kappa shape index (κ3) is 4.71. The van der Waals surface area contributed by atoms with Crippen LogP contribution in [0, 0.1) is 11.3 Å². The van der Waals surface area contributed by atoms with Gasteiger partial charge in [0, 0.05) is 25.0 Å². The fourth-order valence-electron chi connectivity index (χ4n) is 2.73. The van der Waals surface area contributed by atoms with Gasteiger partial charge in [0.25, 0.3) is 5.91 Å². The smallest absolute Gasteiger partial charge is 0.255 e. The van der Waals surface area contributed by atoms with Crippen LogP contribution in [0.15, 0.2) is 73.1 Å². The number of rotatable bonds is 6. The molecule has 1 N–H and O–H groups in total. The molecule has 3 aromatic rings. The Morgan fingerprint density at radius 3 is 2.48 bits per heavy atom. The lowest BCUT2D eigenvalue weighted by atomic mass is 10.1. The Labute approximate surface area is 158 Å². The number of carbonyl (C=O) groups is 1. The molecule has 0 saturated heterocycles. The van der Waals surface area contributed by atoms with Crippen LogP contribution in [-0.4, -0.2) is 22.3 Å². The minimum Gasteiger partial charge on any atom is -0.354 e. The number of benzene rings is 2. The van der Waals surface area contributed by atoms with Crippen molar-refractivity contribution in [3.8, 4) is 6.07 Å². The molecule has 134 valence electrons. The van der Waals surface area contributed by atoms with E-state index in [1.807, 2.05) is 49.4 Å². The summed E-state index contributed by atoms with van der Waals surface area (Å²) in [6.45, 7) is 3.14. The average molecular weight is 356 g/mol. The van der Waals surface area contributed by atoms with Crippen molar-refractivity contribution >= 4 is 17.3 Å². The molecule has 0 fully saturated rings. The molecule has 3 rings (SSSR count). The van der Waals surface area contributed by atoms with E-state index in [-0.39, 0.29) is 5.91 Å². The molecular weight excluding hydrogens is 336 g/mol. The normalized spacial score (nSPS) is 10.1. The van der Waals surface area contributed by atoms with Gasteiger partial charge in [-0.2, -0.15) is 5.26 Å². The summed E-state index contributed by atoms with van der Waals surface area (Å²) >= 11 is 0. The number of amides is 1. The Morgan fingerprint density at radius 1 is 1.07 bits per heavy atom. The van der Waals surface area contributed by atoms with Gasteiger partial charge in [0.05, 0.1) is 29.1 Å². The maximum absolute atomic E-state index is 12.9. The van der Waals surface area contributed by atoms with Gasteiger partial charge in [0.15, 0.2) is 0 Å². The molecule has 27 heavy (non-hydrogen) atoms. The lowest BCUT2D eigenvalue weighted by molar-refractivity contribution is 0.0752. The Bertz CT molecular complexity index is 946. The first-order valence-electron chi connectivity index (χ1n) is 8.75. The molecule has 0 aliphatic heterocycles. The fraction of sp³-hybridized carbons (Fsp3) is 0.136. The van der Waals surface area contributed by atoms with Crippen molar-refractivity contribution in [3.63, 3.8) is 0 Å². The first-order chi connectivity index (χ1) is 13.2. The first kappa shape index (κ1) is 18.2. The van der Waals surface area contributed by atoms with E-state index >= 15 is 0 Å². The number of nitrogens with zero attached hydrogens (tertiary/aromatic N) is 3. The molecule has 0 bridgehead atoms. The number of carbonyl (C=O) groups excluding carboxylic acids is 1. The summed E-state index contributed by atoms with van der Waals surface area (Å²) in [6, 6.07) is 20.9. The largest absolute Gasteiger partial charge is 0.354 e. The Kier molecular flexibility index (Phi) is 5.80. The van der Waals surface area contributed by atoms with Crippen LogP contribution in [0.25, 0.3) is 0 Å². The number of nitrogens with one attached hydrogen (secondary N) is 1. The number of anilines is 2. The molecule has 0 radical (unpaired) electrons. The van der Waals surface area contributed by atoms with Gasteiger partial charge in [-0.3, -0.25) is 9.78 Å². The molecule has 5 nitrogen and oxygen atoms in total. The van der Waals surface area contributed by atoms with Gasteiger partial charge < -0.3 is 10.2 Å². The molecular formula is C22H20N4O. The fourth-order valence-corrected chi connectivity index (χ4v) is 2.73. The molecule has 0 atom stereocenters. The van der Waals surface area contributed by atoms with Gasteiger partial charge in [-0.25, -0.2) is 0 Å². The van der Waals surface area contributed by atoms with E-state index in [1.165, 1.54) is 0 Å². The van der Waals surface area contributed by atoms with E-state index in [2.05, 4.69) is 16.4 Å². The van der Waals surface area contributed by atoms with Gasteiger partial charge in [-0.05, 0) is 42.8 Å². The van der Waals surface area contributed by atoms with Crippen LogP contribution < -0.4 is 5.32 Å². The van der Waals surface area contributed by atoms with Gasteiger partial charge in [0.2, 0.25) is 0 Å². The van der Waals surface area contributed by atoms with Crippen LogP contribution in [0.2, 0.25) is 0 Å². The Balaban J connectivity index is 1.74. The Hall–Kier alpha value is -3.65. The minimum absolute atomic E-state index is 0.0580. The summed E-state index contributed by atoms with van der Waals surface area (Å²) in [7, 11) is 0. The molecule has 5 heteroatoms. The van der Waals surface area contributed by atoms with E-state index in [0.717, 1.165) is 16.9 Å². The topological polar surface area (TPSA) is 69.0 Å². The van der Waals surface area contributed by atoms with Crippen molar-refractivity contribution in [2.45, 2.75) is 13.5 Å². The van der Waals surface area contributed by atoms with Crippen molar-refractivity contribution in [2.75, 3.05) is 11.9 Å². The van der Waals surface area contributed by atoms with Crippen LogP contribution in [0.5, 0.6) is 0 Å². The van der Waals surface area contributed by atoms with E-state index in [1.54, 1.807) is 35.5 Å². The highest BCUT2D eigenvalue weighted by molar-refractivity contribution is 5.94. The SMILES string of the molecule is CCN(Cc1ccccc1)C(=O)c1cncc(Nc2ccc(C#N)cc2)c1. The summed E-state index contributed by atoms with van der Waals surface area (Å²) < 4.78 is 0. The second-order valence-electron chi connectivity index (χ2n) is 6.08. The van der Waals surface area contributed by atoms with E-state index in [0.29, 0.717) is 24.2 Å². The van der Waals surface area contributed by atoms with E-state index < -0.39 is 0 Å². The predicted molar refractivity (Wildman–Crippen MR) is 106 cm³/mol. The quantitative estimate of drug-likeness (QED) is 0.712. The number of aromatic nitrogens is 1. The Morgan fingerprint density at radius 2 is 1.81 bits per heavy atom. The van der Waals surface area contributed by atoms with Crippen molar-refractivity contribution in [3.05, 3.63) is 89.7 Å². The standard InChI is InChI=1S/C22H20N4O/c1-2-26(16-18-6-4-3-5-7-18)22(27)19-12-21(15-24-14-19)25-20-10-8-17(13-23)9-11-20/h3-12,14-15,25H,2,16H2,1H3. The number of nitriles is 1. The number of hydrogen-bond donors (Lipinski definition) is 1. The van der Waals surface area contributed by atoms with E-state index in [4.69, 9.17) is 5.26 Å². The molecule has 0 spiro atoms. The summed E-state index contributed by atoms with van der Waals surface area (Å²) in [5, 5.41) is 12.1. The number of pyridine rings is 1. The molecule has 1 heterocycles. The second-order valence-corrected chi connectivity index (χ2v) is 6.08. The van der Waals surface area contributed by atoms with Crippen LogP contribution >= 0.6 is 0 Å². The predicted octanol–water partition coefficient (Wildman–Crippen LogP) is 4.36. The zero-order chi connectivity index (χ0) is 19.1. The number of hydrogen-bond acceptors (Lipinski definition) is 4. The third-order valence-electron chi connectivity index (χ3n) is 4.17. The van der Waals surface area contributed by atoms with E-state index in [9.17, 15) is 4.79 Å².